The molecule has 0 heterocycles. The lowest BCUT2D eigenvalue weighted by atomic mass is 9.48. The largest absolute Gasteiger partial charge is 0.0847 e. The molecule has 0 spiro atoms. The molecule has 0 aliphatic heterocycles. The molecule has 3 rings (SSSR count). The normalized spacial score (nSPS) is 37.1. The fourth-order valence-electron chi connectivity index (χ4n) is 3.05. The Labute approximate surface area is 76.1 Å². The fraction of sp³-hybridized carbons (Fsp3) is 0.833. The van der Waals surface area contributed by atoms with Crippen LogP contribution >= 0.6 is 0 Å². The van der Waals surface area contributed by atoms with Crippen LogP contribution in [0, 0.1) is 17.3 Å². The minimum Gasteiger partial charge on any atom is -0.0847 e. The van der Waals surface area contributed by atoms with Gasteiger partial charge in [-0.05, 0) is 36.5 Å². The molecule has 0 saturated heterocycles. The second kappa shape index (κ2) is 2.61. The molecule has 0 N–H and O–H groups in total. The third kappa shape index (κ3) is 0.967. The first-order valence-electron chi connectivity index (χ1n) is 5.35. The number of hydrogen-bond donors (Lipinski definition) is 0. The van der Waals surface area contributed by atoms with Crippen LogP contribution in [0.25, 0.3) is 0 Å². The molecule has 68 valence electrons. The van der Waals surface area contributed by atoms with E-state index in [2.05, 4.69) is 26.8 Å². The summed E-state index contributed by atoms with van der Waals surface area (Å²) < 4.78 is 0. The van der Waals surface area contributed by atoms with Crippen LogP contribution in [0.1, 0.15) is 46.5 Å². The number of rotatable bonds is 2. The molecular weight excluding hydrogens is 144 g/mol. The molecule has 0 amide bonds. The van der Waals surface area contributed by atoms with E-state index in [0.29, 0.717) is 5.41 Å². The van der Waals surface area contributed by atoms with Crippen LogP contribution in [-0.2, 0) is 0 Å². The van der Waals surface area contributed by atoms with Gasteiger partial charge in [0.2, 0.25) is 0 Å². The zero-order valence-corrected chi connectivity index (χ0v) is 8.56. The van der Waals surface area contributed by atoms with Crippen molar-refractivity contribution in [3.8, 4) is 0 Å². The Hall–Kier alpha value is -0.260. The number of hydrogen-bond acceptors (Lipinski definition) is 0. The van der Waals surface area contributed by atoms with E-state index in [4.69, 9.17) is 0 Å². The van der Waals surface area contributed by atoms with Gasteiger partial charge in [-0.1, -0.05) is 38.8 Å². The zero-order chi connectivity index (χ0) is 8.77. The summed E-state index contributed by atoms with van der Waals surface area (Å²) in [5, 5.41) is 0. The highest BCUT2D eigenvalue weighted by Gasteiger charge is 2.50. The molecule has 0 aromatic heterocycles. The maximum absolute atomic E-state index is 2.52. The molecule has 0 nitrogen and oxygen atoms in total. The summed E-state index contributed by atoms with van der Waals surface area (Å²) in [7, 11) is 0. The highest BCUT2D eigenvalue weighted by molar-refractivity contribution is 5.22. The van der Waals surface area contributed by atoms with E-state index < -0.39 is 0 Å². The van der Waals surface area contributed by atoms with E-state index >= 15 is 0 Å². The minimum absolute atomic E-state index is 0.638. The van der Waals surface area contributed by atoms with Gasteiger partial charge >= 0.3 is 0 Å². The number of allylic oxidation sites excluding steroid dienone is 2. The van der Waals surface area contributed by atoms with Crippen molar-refractivity contribution in [2.24, 2.45) is 17.3 Å². The maximum atomic E-state index is 2.52. The van der Waals surface area contributed by atoms with Gasteiger partial charge in [0.15, 0.2) is 0 Å². The van der Waals surface area contributed by atoms with E-state index in [9.17, 15) is 0 Å². The minimum atomic E-state index is 0.638. The lowest BCUT2D eigenvalue weighted by Crippen LogP contribution is -2.47. The second-order valence-electron chi connectivity index (χ2n) is 5.07. The zero-order valence-electron chi connectivity index (χ0n) is 8.56. The predicted octanol–water partition coefficient (Wildman–Crippen LogP) is 3.78. The second-order valence-corrected chi connectivity index (χ2v) is 5.07. The van der Waals surface area contributed by atoms with Crippen LogP contribution in [0.3, 0.4) is 0 Å². The molecule has 1 fully saturated rings. The quantitative estimate of drug-likeness (QED) is 0.545. The fourth-order valence-corrected chi connectivity index (χ4v) is 3.05. The smallest absolute Gasteiger partial charge is 0.0146 e. The topological polar surface area (TPSA) is 0 Å². The van der Waals surface area contributed by atoms with Crippen molar-refractivity contribution in [1.29, 1.82) is 0 Å². The Balaban J connectivity index is 2.13. The third-order valence-corrected chi connectivity index (χ3v) is 4.12. The van der Waals surface area contributed by atoms with Gasteiger partial charge in [0.05, 0.1) is 0 Å². The van der Waals surface area contributed by atoms with Crippen molar-refractivity contribution < 1.29 is 0 Å². The van der Waals surface area contributed by atoms with Gasteiger partial charge in [-0.2, -0.15) is 0 Å². The van der Waals surface area contributed by atoms with Crippen LogP contribution in [0.2, 0.25) is 0 Å². The molecular formula is C12H20. The van der Waals surface area contributed by atoms with Gasteiger partial charge in [0, 0.05) is 0 Å². The Morgan fingerprint density at radius 2 is 2.25 bits per heavy atom. The highest BCUT2D eigenvalue weighted by Crippen LogP contribution is 2.59. The molecule has 0 aromatic carbocycles. The first kappa shape index (κ1) is 8.34. The van der Waals surface area contributed by atoms with Crippen LogP contribution in [0.15, 0.2) is 11.6 Å². The van der Waals surface area contributed by atoms with Crippen LogP contribution in [0.4, 0.5) is 0 Å². The van der Waals surface area contributed by atoms with E-state index in [0.717, 1.165) is 11.8 Å². The summed E-state index contributed by atoms with van der Waals surface area (Å²) >= 11 is 0. The van der Waals surface area contributed by atoms with Crippen molar-refractivity contribution in [3.63, 3.8) is 0 Å². The standard InChI is InChI=1S/C12H20/c1-4-5-9-6-7-10-8-11(9)12(10,2)3/h6,10-11H,4-5,7-8H2,1-3H3/t10-,11-/m1/s1. The van der Waals surface area contributed by atoms with Crippen LogP contribution in [-0.4, -0.2) is 0 Å². The Kier molecular flexibility index (Phi) is 1.82. The molecule has 0 unspecified atom stereocenters. The van der Waals surface area contributed by atoms with Crippen molar-refractivity contribution in [3.05, 3.63) is 11.6 Å². The highest BCUT2D eigenvalue weighted by atomic mass is 14.5. The van der Waals surface area contributed by atoms with Crippen molar-refractivity contribution in [2.75, 3.05) is 0 Å². The predicted molar refractivity (Wildman–Crippen MR) is 53.0 cm³/mol. The average Bonchev–Trinajstić information content (AvgIpc) is 2.05. The molecule has 3 aliphatic rings. The van der Waals surface area contributed by atoms with Gasteiger partial charge in [-0.25, -0.2) is 0 Å². The molecule has 0 radical (unpaired) electrons. The first-order valence-corrected chi connectivity index (χ1v) is 5.35. The van der Waals surface area contributed by atoms with E-state index in [1.54, 1.807) is 5.57 Å². The van der Waals surface area contributed by atoms with Gasteiger partial charge in [-0.3, -0.25) is 0 Å². The summed E-state index contributed by atoms with van der Waals surface area (Å²) in [6, 6.07) is 0. The molecule has 1 saturated carbocycles. The van der Waals surface area contributed by atoms with Crippen LogP contribution in [0.5, 0.6) is 0 Å². The third-order valence-electron chi connectivity index (χ3n) is 4.12. The Bertz CT molecular complexity index is 210. The van der Waals surface area contributed by atoms with Crippen molar-refractivity contribution >= 4 is 0 Å². The van der Waals surface area contributed by atoms with Gasteiger partial charge in [0.25, 0.3) is 0 Å². The summed E-state index contributed by atoms with van der Waals surface area (Å²) in [5.74, 6) is 1.94. The molecule has 0 heteroatoms. The summed E-state index contributed by atoms with van der Waals surface area (Å²) in [6.07, 6.45) is 8.04. The number of fused-ring (bicyclic) bond motifs is 1. The monoisotopic (exact) mass is 164 g/mol. The van der Waals surface area contributed by atoms with E-state index in [-0.39, 0.29) is 0 Å². The van der Waals surface area contributed by atoms with Gasteiger partial charge in [0.1, 0.15) is 0 Å². The molecule has 3 aliphatic carbocycles. The molecule has 12 heavy (non-hydrogen) atoms. The Morgan fingerprint density at radius 1 is 1.50 bits per heavy atom. The average molecular weight is 164 g/mol. The first-order chi connectivity index (χ1) is 5.66. The lowest BCUT2D eigenvalue weighted by Gasteiger charge is -2.56. The van der Waals surface area contributed by atoms with Crippen LogP contribution < -0.4 is 0 Å². The lowest BCUT2D eigenvalue weighted by molar-refractivity contribution is -0.00824. The van der Waals surface area contributed by atoms with E-state index in [1.165, 1.54) is 25.7 Å². The maximum Gasteiger partial charge on any atom is -0.0146 e. The van der Waals surface area contributed by atoms with Gasteiger partial charge in [-0.15, -0.1) is 0 Å². The van der Waals surface area contributed by atoms with Crippen molar-refractivity contribution in [2.45, 2.75) is 46.5 Å². The Morgan fingerprint density at radius 3 is 2.75 bits per heavy atom. The van der Waals surface area contributed by atoms with E-state index in [1.807, 2.05) is 0 Å². The summed E-state index contributed by atoms with van der Waals surface area (Å²) in [6.45, 7) is 7.20. The van der Waals surface area contributed by atoms with Gasteiger partial charge < -0.3 is 0 Å². The molecule has 2 atom stereocenters. The van der Waals surface area contributed by atoms with Crippen molar-refractivity contribution in [1.82, 2.24) is 0 Å². The summed E-state index contributed by atoms with van der Waals surface area (Å²) in [4.78, 5) is 0. The summed E-state index contributed by atoms with van der Waals surface area (Å²) in [5.41, 5.74) is 2.41. The SMILES string of the molecule is CCCC1=CC[C@@H]2C[C@H]1C2(C)C. The molecule has 0 aromatic rings. The molecule has 2 bridgehead atoms.